The van der Waals surface area contributed by atoms with E-state index in [2.05, 4.69) is 29.4 Å². The lowest BCUT2D eigenvalue weighted by Gasteiger charge is -2.29. The highest BCUT2D eigenvalue weighted by atomic mass is 16.2. The van der Waals surface area contributed by atoms with E-state index in [-0.39, 0.29) is 11.8 Å². The molecule has 0 saturated heterocycles. The van der Waals surface area contributed by atoms with Crippen LogP contribution in [-0.4, -0.2) is 34.8 Å². The van der Waals surface area contributed by atoms with Crippen LogP contribution in [0.4, 0.5) is 0 Å². The summed E-state index contributed by atoms with van der Waals surface area (Å²) in [5, 5.41) is 2.87. The summed E-state index contributed by atoms with van der Waals surface area (Å²) in [4.78, 5) is 31.0. The maximum absolute atomic E-state index is 12.9. The van der Waals surface area contributed by atoms with Gasteiger partial charge in [0.05, 0.1) is 0 Å². The Hall–Kier alpha value is -2.69. The summed E-state index contributed by atoms with van der Waals surface area (Å²) in [7, 11) is 0. The molecule has 0 unspecified atom stereocenters. The van der Waals surface area contributed by atoms with Crippen molar-refractivity contribution < 1.29 is 9.59 Å². The molecule has 26 heavy (non-hydrogen) atoms. The van der Waals surface area contributed by atoms with Crippen molar-refractivity contribution in [2.75, 3.05) is 13.1 Å². The molecule has 2 heterocycles. The smallest absolute Gasteiger partial charge is 0.269 e. The summed E-state index contributed by atoms with van der Waals surface area (Å²) in [6, 6.07) is 11.5. The lowest BCUT2D eigenvalue weighted by Crippen LogP contribution is -2.36. The molecule has 0 atom stereocenters. The van der Waals surface area contributed by atoms with Crippen LogP contribution in [0.5, 0.6) is 0 Å². The molecule has 5 nitrogen and oxygen atoms in total. The van der Waals surface area contributed by atoms with Crippen LogP contribution in [-0.2, 0) is 13.0 Å². The van der Waals surface area contributed by atoms with E-state index in [9.17, 15) is 9.59 Å². The number of pyridine rings is 1. The minimum atomic E-state index is -0.222. The number of fused-ring (bicyclic) bond motifs is 1. The highest BCUT2D eigenvalue weighted by Crippen LogP contribution is 2.20. The number of aromatic nitrogens is 1. The number of carbonyl (C=O) groups excluding carboxylic acids is 2. The summed E-state index contributed by atoms with van der Waals surface area (Å²) in [6.07, 6.45) is 5.54. The minimum Gasteiger partial charge on any atom is -0.351 e. The van der Waals surface area contributed by atoms with Gasteiger partial charge in [0.1, 0.15) is 5.69 Å². The van der Waals surface area contributed by atoms with Gasteiger partial charge in [-0.15, -0.1) is 0 Å². The third kappa shape index (κ3) is 4.28. The van der Waals surface area contributed by atoms with Gasteiger partial charge in [0.15, 0.2) is 0 Å². The SMILES string of the molecule is CCCCCNC(=O)c1cc(C(=O)N2CCc3ccccc3C2)ccn1. The van der Waals surface area contributed by atoms with Gasteiger partial charge in [-0.25, -0.2) is 0 Å². The maximum atomic E-state index is 12.9. The predicted octanol–water partition coefficient (Wildman–Crippen LogP) is 3.20. The number of nitrogens with one attached hydrogen (secondary N) is 1. The fraction of sp³-hybridized carbons (Fsp3) is 0.381. The fourth-order valence-electron chi connectivity index (χ4n) is 3.21. The number of hydrogen-bond acceptors (Lipinski definition) is 3. The third-order valence-corrected chi connectivity index (χ3v) is 4.72. The number of rotatable bonds is 6. The molecule has 1 aromatic heterocycles. The van der Waals surface area contributed by atoms with Gasteiger partial charge in [-0.2, -0.15) is 0 Å². The van der Waals surface area contributed by atoms with Crippen LogP contribution < -0.4 is 5.32 Å². The van der Waals surface area contributed by atoms with E-state index in [1.165, 1.54) is 17.3 Å². The lowest BCUT2D eigenvalue weighted by atomic mass is 9.99. The van der Waals surface area contributed by atoms with Crippen LogP contribution in [0.15, 0.2) is 42.6 Å². The van der Waals surface area contributed by atoms with Gasteiger partial charge in [0.2, 0.25) is 0 Å². The summed E-state index contributed by atoms with van der Waals surface area (Å²) >= 11 is 0. The Morgan fingerprint density at radius 2 is 1.96 bits per heavy atom. The van der Waals surface area contributed by atoms with Crippen LogP contribution in [0.3, 0.4) is 0 Å². The molecular formula is C21H25N3O2. The maximum Gasteiger partial charge on any atom is 0.269 e. The van der Waals surface area contributed by atoms with E-state index in [4.69, 9.17) is 0 Å². The molecule has 0 radical (unpaired) electrons. The molecule has 0 aliphatic carbocycles. The molecule has 0 bridgehead atoms. The average Bonchev–Trinajstić information content (AvgIpc) is 2.70. The first-order valence-corrected chi connectivity index (χ1v) is 9.29. The zero-order valence-corrected chi connectivity index (χ0v) is 15.2. The average molecular weight is 351 g/mol. The largest absolute Gasteiger partial charge is 0.351 e. The topological polar surface area (TPSA) is 62.3 Å². The number of nitrogens with zero attached hydrogens (tertiary/aromatic N) is 2. The van der Waals surface area contributed by atoms with Crippen molar-refractivity contribution in [3.8, 4) is 0 Å². The minimum absolute atomic E-state index is 0.0538. The molecule has 5 heteroatoms. The number of carbonyl (C=O) groups is 2. The monoisotopic (exact) mass is 351 g/mol. The fourth-order valence-corrected chi connectivity index (χ4v) is 3.21. The molecule has 136 valence electrons. The molecule has 3 rings (SSSR count). The Morgan fingerprint density at radius 3 is 2.77 bits per heavy atom. The van der Waals surface area contributed by atoms with Gasteiger partial charge >= 0.3 is 0 Å². The highest BCUT2D eigenvalue weighted by molar-refractivity contribution is 5.98. The molecule has 1 N–H and O–H groups in total. The van der Waals surface area contributed by atoms with Gasteiger partial charge < -0.3 is 10.2 Å². The Morgan fingerprint density at radius 1 is 1.15 bits per heavy atom. The Bertz CT molecular complexity index is 788. The highest BCUT2D eigenvalue weighted by Gasteiger charge is 2.22. The lowest BCUT2D eigenvalue weighted by molar-refractivity contribution is 0.0734. The van der Waals surface area contributed by atoms with E-state index < -0.39 is 0 Å². The van der Waals surface area contributed by atoms with Crippen molar-refractivity contribution in [1.82, 2.24) is 15.2 Å². The zero-order valence-electron chi connectivity index (χ0n) is 15.2. The van der Waals surface area contributed by atoms with Gasteiger partial charge in [-0.3, -0.25) is 14.6 Å². The molecule has 1 aromatic carbocycles. The van der Waals surface area contributed by atoms with Crippen molar-refractivity contribution in [3.63, 3.8) is 0 Å². The first-order chi connectivity index (χ1) is 12.7. The summed E-state index contributed by atoms with van der Waals surface area (Å²) in [5.74, 6) is -0.276. The molecular weight excluding hydrogens is 326 g/mol. The molecule has 1 aliphatic rings. The Kier molecular flexibility index (Phi) is 6.00. The quantitative estimate of drug-likeness (QED) is 0.813. The first kappa shape index (κ1) is 18.1. The zero-order chi connectivity index (χ0) is 18.4. The molecule has 2 amide bonds. The van der Waals surface area contributed by atoms with E-state index in [0.717, 1.165) is 25.7 Å². The standard InChI is InChI=1S/C21H25N3O2/c1-2-3-6-11-23-20(25)19-14-17(9-12-22-19)21(26)24-13-10-16-7-4-5-8-18(16)15-24/h4-5,7-9,12,14H,2-3,6,10-11,13,15H2,1H3,(H,23,25). The summed E-state index contributed by atoms with van der Waals surface area (Å²) < 4.78 is 0. The Balaban J connectivity index is 1.66. The summed E-state index contributed by atoms with van der Waals surface area (Å²) in [6.45, 7) is 4.06. The van der Waals surface area contributed by atoms with E-state index in [1.807, 2.05) is 17.0 Å². The van der Waals surface area contributed by atoms with E-state index in [1.54, 1.807) is 12.1 Å². The number of amides is 2. The van der Waals surface area contributed by atoms with Crippen molar-refractivity contribution in [3.05, 3.63) is 65.0 Å². The second kappa shape index (κ2) is 8.61. The molecule has 0 saturated carbocycles. The van der Waals surface area contributed by atoms with Crippen LogP contribution in [0.25, 0.3) is 0 Å². The second-order valence-corrected chi connectivity index (χ2v) is 6.64. The molecule has 0 fully saturated rings. The van der Waals surface area contributed by atoms with E-state index in [0.29, 0.717) is 30.9 Å². The summed E-state index contributed by atoms with van der Waals surface area (Å²) in [5.41, 5.74) is 3.30. The molecule has 2 aromatic rings. The molecule has 0 spiro atoms. The van der Waals surface area contributed by atoms with Gasteiger partial charge in [-0.05, 0) is 36.1 Å². The number of hydrogen-bond donors (Lipinski definition) is 1. The van der Waals surface area contributed by atoms with Gasteiger partial charge in [0.25, 0.3) is 11.8 Å². The third-order valence-electron chi connectivity index (χ3n) is 4.72. The van der Waals surface area contributed by atoms with Crippen molar-refractivity contribution in [1.29, 1.82) is 0 Å². The predicted molar refractivity (Wildman–Crippen MR) is 101 cm³/mol. The van der Waals surface area contributed by atoms with Crippen LogP contribution in [0.1, 0.15) is 58.2 Å². The van der Waals surface area contributed by atoms with E-state index >= 15 is 0 Å². The van der Waals surface area contributed by atoms with Crippen LogP contribution >= 0.6 is 0 Å². The van der Waals surface area contributed by atoms with Crippen LogP contribution in [0.2, 0.25) is 0 Å². The van der Waals surface area contributed by atoms with Gasteiger partial charge in [0, 0.05) is 31.4 Å². The number of benzene rings is 1. The van der Waals surface area contributed by atoms with Gasteiger partial charge in [-0.1, -0.05) is 44.0 Å². The first-order valence-electron chi connectivity index (χ1n) is 9.29. The normalized spacial score (nSPS) is 13.2. The Labute approximate surface area is 154 Å². The molecule has 1 aliphatic heterocycles. The van der Waals surface area contributed by atoms with Crippen molar-refractivity contribution in [2.45, 2.75) is 39.2 Å². The van der Waals surface area contributed by atoms with Crippen molar-refractivity contribution in [2.24, 2.45) is 0 Å². The second-order valence-electron chi connectivity index (χ2n) is 6.64. The van der Waals surface area contributed by atoms with Crippen molar-refractivity contribution >= 4 is 11.8 Å². The van der Waals surface area contributed by atoms with Crippen LogP contribution in [0, 0.1) is 0 Å². The number of unbranched alkanes of at least 4 members (excludes halogenated alkanes) is 2.